The second-order valence-electron chi connectivity index (χ2n) is 5.32. The van der Waals surface area contributed by atoms with Crippen molar-refractivity contribution in [3.8, 4) is 11.5 Å². The monoisotopic (exact) mass is 282 g/mol. The molecule has 2 N–H and O–H groups in total. The molecular formula is C14H22N2O4. The molecule has 0 spiro atoms. The Labute approximate surface area is 119 Å². The summed E-state index contributed by atoms with van der Waals surface area (Å²) in [6, 6.07) is 4.78. The van der Waals surface area contributed by atoms with Crippen LogP contribution in [0.2, 0.25) is 0 Å². The molecule has 0 aliphatic carbocycles. The van der Waals surface area contributed by atoms with Crippen molar-refractivity contribution < 1.29 is 14.4 Å². The van der Waals surface area contributed by atoms with Crippen molar-refractivity contribution in [2.45, 2.75) is 45.8 Å². The first-order valence-electron chi connectivity index (χ1n) is 6.62. The highest BCUT2D eigenvalue weighted by Gasteiger charge is 2.25. The lowest BCUT2D eigenvalue weighted by atomic mass is 10.0. The van der Waals surface area contributed by atoms with E-state index in [1.807, 2.05) is 27.7 Å². The van der Waals surface area contributed by atoms with Crippen LogP contribution < -0.4 is 15.2 Å². The number of ether oxygens (including phenoxy) is 2. The molecule has 1 atom stereocenters. The number of nitrogens with zero attached hydrogens (tertiary/aromatic N) is 1. The fraction of sp³-hybridized carbons (Fsp3) is 0.571. The Morgan fingerprint density at radius 1 is 1.40 bits per heavy atom. The summed E-state index contributed by atoms with van der Waals surface area (Å²) in [5.74, 6) is 0.385. The molecule has 1 aromatic rings. The molecule has 0 saturated carbocycles. The van der Waals surface area contributed by atoms with Gasteiger partial charge in [-0.15, -0.1) is 0 Å². The lowest BCUT2D eigenvalue weighted by Crippen LogP contribution is -2.41. The standard InChI is InChI=1S/C14H22N2O4/c1-5-14(4,15)9-19-11-7-6-8-12(20-10(2)3)13(11)16(17)18/h6-8,10H,5,9,15H2,1-4H3. The normalized spacial score (nSPS) is 13.9. The third-order valence-corrected chi connectivity index (χ3v) is 2.87. The third-order valence-electron chi connectivity index (χ3n) is 2.87. The van der Waals surface area contributed by atoms with Crippen molar-refractivity contribution in [1.82, 2.24) is 0 Å². The maximum absolute atomic E-state index is 11.2. The van der Waals surface area contributed by atoms with Crippen LogP contribution in [0.4, 0.5) is 5.69 Å². The molecule has 0 amide bonds. The van der Waals surface area contributed by atoms with E-state index in [0.29, 0.717) is 6.42 Å². The second kappa shape index (κ2) is 6.56. The predicted molar refractivity (Wildman–Crippen MR) is 77.2 cm³/mol. The predicted octanol–water partition coefficient (Wildman–Crippen LogP) is 2.89. The summed E-state index contributed by atoms with van der Waals surface area (Å²) in [5, 5.41) is 11.2. The van der Waals surface area contributed by atoms with Gasteiger partial charge in [0.05, 0.1) is 11.0 Å². The van der Waals surface area contributed by atoms with Crippen LogP contribution in [0.5, 0.6) is 11.5 Å². The smallest absolute Gasteiger partial charge is 0.352 e. The molecule has 0 bridgehead atoms. The minimum Gasteiger partial charge on any atom is -0.485 e. The molecule has 0 saturated heterocycles. The number of hydrogen-bond donors (Lipinski definition) is 1. The van der Waals surface area contributed by atoms with E-state index in [1.54, 1.807) is 18.2 Å². The molecule has 112 valence electrons. The summed E-state index contributed by atoms with van der Waals surface area (Å²) in [4.78, 5) is 10.7. The molecule has 0 fully saturated rings. The van der Waals surface area contributed by atoms with Crippen molar-refractivity contribution in [2.24, 2.45) is 5.73 Å². The molecule has 0 aliphatic rings. The largest absolute Gasteiger partial charge is 0.485 e. The van der Waals surface area contributed by atoms with E-state index in [9.17, 15) is 10.1 Å². The number of nitrogens with two attached hydrogens (primary N) is 1. The van der Waals surface area contributed by atoms with Crippen molar-refractivity contribution >= 4 is 5.69 Å². The number of hydrogen-bond acceptors (Lipinski definition) is 5. The van der Waals surface area contributed by atoms with Crippen molar-refractivity contribution in [2.75, 3.05) is 6.61 Å². The number of nitro groups is 1. The van der Waals surface area contributed by atoms with Gasteiger partial charge in [0.25, 0.3) is 0 Å². The summed E-state index contributed by atoms with van der Waals surface area (Å²) in [7, 11) is 0. The number of para-hydroxylation sites is 1. The highest BCUT2D eigenvalue weighted by Crippen LogP contribution is 2.37. The van der Waals surface area contributed by atoms with Gasteiger partial charge in [-0.3, -0.25) is 10.1 Å². The topological polar surface area (TPSA) is 87.6 Å². The average molecular weight is 282 g/mol. The van der Waals surface area contributed by atoms with E-state index in [-0.39, 0.29) is 29.9 Å². The van der Waals surface area contributed by atoms with E-state index in [2.05, 4.69) is 0 Å². The first-order valence-corrected chi connectivity index (χ1v) is 6.62. The van der Waals surface area contributed by atoms with Crippen LogP contribution in [-0.4, -0.2) is 23.2 Å². The Hall–Kier alpha value is -1.82. The zero-order valence-corrected chi connectivity index (χ0v) is 12.4. The van der Waals surface area contributed by atoms with Gasteiger partial charge in [0.2, 0.25) is 11.5 Å². The fourth-order valence-corrected chi connectivity index (χ4v) is 1.49. The molecule has 20 heavy (non-hydrogen) atoms. The Kier molecular flexibility index (Phi) is 5.33. The van der Waals surface area contributed by atoms with Crippen LogP contribution >= 0.6 is 0 Å². The number of nitro benzene ring substituents is 1. The zero-order valence-electron chi connectivity index (χ0n) is 12.4. The molecular weight excluding hydrogens is 260 g/mol. The molecule has 0 aromatic heterocycles. The molecule has 0 heterocycles. The number of benzene rings is 1. The average Bonchev–Trinajstić information content (AvgIpc) is 2.35. The Morgan fingerprint density at radius 2 is 2.00 bits per heavy atom. The van der Waals surface area contributed by atoms with Crippen LogP contribution in [0.3, 0.4) is 0 Å². The minimum absolute atomic E-state index is 0.153. The van der Waals surface area contributed by atoms with Gasteiger partial charge in [-0.2, -0.15) is 0 Å². The molecule has 0 aliphatic heterocycles. The summed E-state index contributed by atoms with van der Waals surface area (Å²) < 4.78 is 11.0. The van der Waals surface area contributed by atoms with E-state index < -0.39 is 10.5 Å². The lowest BCUT2D eigenvalue weighted by molar-refractivity contribution is -0.387. The van der Waals surface area contributed by atoms with Crippen molar-refractivity contribution in [3.05, 3.63) is 28.3 Å². The van der Waals surface area contributed by atoms with Crippen LogP contribution in [0, 0.1) is 10.1 Å². The molecule has 1 unspecified atom stereocenters. The summed E-state index contributed by atoms with van der Waals surface area (Å²) in [6.07, 6.45) is 0.558. The zero-order chi connectivity index (χ0) is 15.3. The van der Waals surface area contributed by atoms with Crippen molar-refractivity contribution in [3.63, 3.8) is 0 Å². The summed E-state index contributed by atoms with van der Waals surface area (Å²) in [6.45, 7) is 7.61. The highest BCUT2D eigenvalue weighted by molar-refractivity contribution is 5.57. The van der Waals surface area contributed by atoms with Gasteiger partial charge < -0.3 is 15.2 Å². The van der Waals surface area contributed by atoms with Crippen LogP contribution in [0.25, 0.3) is 0 Å². The van der Waals surface area contributed by atoms with Crippen LogP contribution in [0.1, 0.15) is 34.1 Å². The SMILES string of the molecule is CCC(C)(N)COc1cccc(OC(C)C)c1[N+](=O)[O-]. The van der Waals surface area contributed by atoms with Gasteiger partial charge in [0.15, 0.2) is 0 Å². The van der Waals surface area contributed by atoms with E-state index >= 15 is 0 Å². The maximum atomic E-state index is 11.2. The quantitative estimate of drug-likeness (QED) is 0.613. The molecule has 6 nitrogen and oxygen atoms in total. The molecule has 1 aromatic carbocycles. The van der Waals surface area contributed by atoms with Crippen molar-refractivity contribution in [1.29, 1.82) is 0 Å². The van der Waals surface area contributed by atoms with Gasteiger partial charge in [0, 0.05) is 5.54 Å². The Morgan fingerprint density at radius 3 is 2.50 bits per heavy atom. The van der Waals surface area contributed by atoms with E-state index in [1.165, 1.54) is 0 Å². The molecule has 6 heteroatoms. The third kappa shape index (κ3) is 4.38. The van der Waals surface area contributed by atoms with Gasteiger partial charge in [-0.05, 0) is 39.3 Å². The summed E-state index contributed by atoms with van der Waals surface area (Å²) in [5.41, 5.74) is 5.30. The number of rotatable bonds is 7. The molecule has 1 rings (SSSR count). The van der Waals surface area contributed by atoms with Crippen LogP contribution in [-0.2, 0) is 0 Å². The van der Waals surface area contributed by atoms with Gasteiger partial charge in [-0.25, -0.2) is 0 Å². The first kappa shape index (κ1) is 16.2. The molecule has 0 radical (unpaired) electrons. The minimum atomic E-state index is -0.525. The first-order chi connectivity index (χ1) is 9.26. The maximum Gasteiger partial charge on any atom is 0.352 e. The van der Waals surface area contributed by atoms with Gasteiger partial charge in [0.1, 0.15) is 6.61 Å². The van der Waals surface area contributed by atoms with E-state index in [0.717, 1.165) is 0 Å². The van der Waals surface area contributed by atoms with Crippen LogP contribution in [0.15, 0.2) is 18.2 Å². The van der Waals surface area contributed by atoms with Gasteiger partial charge in [-0.1, -0.05) is 13.0 Å². The highest BCUT2D eigenvalue weighted by atomic mass is 16.6. The lowest BCUT2D eigenvalue weighted by Gasteiger charge is -2.23. The fourth-order valence-electron chi connectivity index (χ4n) is 1.49. The summed E-state index contributed by atoms with van der Waals surface area (Å²) >= 11 is 0. The van der Waals surface area contributed by atoms with Gasteiger partial charge >= 0.3 is 5.69 Å². The second-order valence-corrected chi connectivity index (χ2v) is 5.32. The Bertz CT molecular complexity index is 472. The Balaban J connectivity index is 3.04. The van der Waals surface area contributed by atoms with E-state index in [4.69, 9.17) is 15.2 Å².